The second-order valence-electron chi connectivity index (χ2n) is 7.57. The second kappa shape index (κ2) is 9.11. The molecule has 4 rings (SSSR count). The van der Waals surface area contributed by atoms with Gasteiger partial charge in [0.25, 0.3) is 0 Å². The maximum absolute atomic E-state index is 12.6. The molecule has 1 aliphatic rings. The summed E-state index contributed by atoms with van der Waals surface area (Å²) in [6.45, 7) is 8.87. The van der Waals surface area contributed by atoms with Crippen LogP contribution in [-0.4, -0.2) is 62.5 Å². The number of nitrogens with zero attached hydrogens (tertiary/aromatic N) is 6. The minimum absolute atomic E-state index is 0.101. The molecule has 10 heteroatoms. The van der Waals surface area contributed by atoms with Gasteiger partial charge >= 0.3 is 0 Å². The van der Waals surface area contributed by atoms with Gasteiger partial charge in [-0.05, 0) is 32.9 Å². The average molecular weight is 442 g/mol. The third-order valence-corrected chi connectivity index (χ3v) is 6.29. The molecule has 31 heavy (non-hydrogen) atoms. The van der Waals surface area contributed by atoms with Crippen molar-refractivity contribution < 1.29 is 9.53 Å². The minimum Gasteiger partial charge on any atom is -0.378 e. The number of carbonyl (C=O) groups excluding carboxylic acids is 1. The van der Waals surface area contributed by atoms with Gasteiger partial charge < -0.3 is 15.0 Å². The molecular formula is C21H27N7O2S. The Labute approximate surface area is 185 Å². The zero-order valence-electron chi connectivity index (χ0n) is 18.3. The van der Waals surface area contributed by atoms with Crippen LogP contribution < -0.4 is 10.2 Å². The number of anilines is 2. The summed E-state index contributed by atoms with van der Waals surface area (Å²) in [5, 5.41) is 16.9. The first-order valence-electron chi connectivity index (χ1n) is 10.2. The molecule has 3 aromatic rings. The second-order valence-corrected chi connectivity index (χ2v) is 8.51. The molecule has 3 heterocycles. The molecule has 1 saturated heterocycles. The zero-order valence-corrected chi connectivity index (χ0v) is 19.1. The van der Waals surface area contributed by atoms with E-state index in [0.717, 1.165) is 41.8 Å². The van der Waals surface area contributed by atoms with Crippen LogP contribution >= 0.6 is 11.8 Å². The third kappa shape index (κ3) is 4.59. The first kappa shape index (κ1) is 21.4. The van der Waals surface area contributed by atoms with Crippen LogP contribution in [0, 0.1) is 20.8 Å². The van der Waals surface area contributed by atoms with E-state index in [0.29, 0.717) is 18.4 Å². The number of carbonyl (C=O) groups is 1. The van der Waals surface area contributed by atoms with Crippen molar-refractivity contribution in [1.29, 1.82) is 0 Å². The highest BCUT2D eigenvalue weighted by molar-refractivity contribution is 7.99. The number of aromatic nitrogens is 5. The van der Waals surface area contributed by atoms with Crippen LogP contribution in [0.5, 0.6) is 0 Å². The van der Waals surface area contributed by atoms with Gasteiger partial charge in [0.1, 0.15) is 0 Å². The first-order chi connectivity index (χ1) is 14.9. The smallest absolute Gasteiger partial charge is 0.234 e. The Morgan fingerprint density at radius 2 is 1.84 bits per heavy atom. The normalized spacial score (nSPS) is 14.1. The number of benzene rings is 1. The summed E-state index contributed by atoms with van der Waals surface area (Å²) in [6.07, 6.45) is 0. The van der Waals surface area contributed by atoms with E-state index < -0.39 is 0 Å². The van der Waals surface area contributed by atoms with Gasteiger partial charge in [-0.1, -0.05) is 29.5 Å². The van der Waals surface area contributed by atoms with E-state index in [1.54, 1.807) is 0 Å². The molecule has 1 aromatic carbocycles. The van der Waals surface area contributed by atoms with Crippen molar-refractivity contribution in [2.45, 2.75) is 25.9 Å². The number of ether oxygens (including phenoxy) is 1. The van der Waals surface area contributed by atoms with Gasteiger partial charge in [0.15, 0.2) is 5.16 Å². The SMILES string of the molecule is Cc1ccc(-n2nc(C)c(NC(=O)CSc3nnc(N4CCOCC4)n3C)c2C)cc1. The Bertz CT molecular complexity index is 1070. The van der Waals surface area contributed by atoms with Gasteiger partial charge in [0.05, 0.1) is 41.7 Å². The van der Waals surface area contributed by atoms with Crippen molar-refractivity contribution in [2.24, 2.45) is 7.05 Å². The molecular weight excluding hydrogens is 414 g/mol. The van der Waals surface area contributed by atoms with E-state index >= 15 is 0 Å². The molecule has 1 N–H and O–H groups in total. The van der Waals surface area contributed by atoms with Crippen molar-refractivity contribution >= 4 is 29.3 Å². The van der Waals surface area contributed by atoms with Crippen LogP contribution in [0.4, 0.5) is 11.6 Å². The summed E-state index contributed by atoms with van der Waals surface area (Å²) < 4.78 is 9.18. The molecule has 0 spiro atoms. The number of rotatable bonds is 6. The van der Waals surface area contributed by atoms with Crippen LogP contribution in [0.2, 0.25) is 0 Å². The molecule has 164 valence electrons. The highest BCUT2D eigenvalue weighted by atomic mass is 32.2. The summed E-state index contributed by atoms with van der Waals surface area (Å²) in [6, 6.07) is 8.15. The lowest BCUT2D eigenvalue weighted by Gasteiger charge is -2.27. The van der Waals surface area contributed by atoms with Crippen molar-refractivity contribution in [1.82, 2.24) is 24.5 Å². The van der Waals surface area contributed by atoms with Gasteiger partial charge in [-0.15, -0.1) is 10.2 Å². The number of morpholine rings is 1. The quantitative estimate of drug-likeness (QED) is 0.588. The zero-order chi connectivity index (χ0) is 22.0. The highest BCUT2D eigenvalue weighted by Crippen LogP contribution is 2.25. The predicted octanol–water partition coefficient (Wildman–Crippen LogP) is 2.49. The molecule has 1 fully saturated rings. The van der Waals surface area contributed by atoms with Crippen molar-refractivity contribution in [3.63, 3.8) is 0 Å². The van der Waals surface area contributed by atoms with Crippen LogP contribution in [0.15, 0.2) is 29.4 Å². The predicted molar refractivity (Wildman–Crippen MR) is 121 cm³/mol. The van der Waals surface area contributed by atoms with Crippen LogP contribution in [0.3, 0.4) is 0 Å². The molecule has 0 atom stereocenters. The molecule has 0 unspecified atom stereocenters. The van der Waals surface area contributed by atoms with E-state index in [4.69, 9.17) is 4.74 Å². The van der Waals surface area contributed by atoms with Gasteiger partial charge in [0.2, 0.25) is 11.9 Å². The fourth-order valence-corrected chi connectivity index (χ4v) is 4.24. The number of amides is 1. The maximum atomic E-state index is 12.6. The number of hydrogen-bond acceptors (Lipinski definition) is 7. The summed E-state index contributed by atoms with van der Waals surface area (Å²) >= 11 is 1.37. The van der Waals surface area contributed by atoms with Crippen molar-refractivity contribution in [3.05, 3.63) is 41.2 Å². The standard InChI is InChI=1S/C21H27N7O2S/c1-14-5-7-17(8-6-14)28-16(3)19(15(2)25-28)22-18(29)13-31-21-24-23-20(26(21)4)27-9-11-30-12-10-27/h5-8H,9-13H2,1-4H3,(H,22,29). The molecule has 0 radical (unpaired) electrons. The Morgan fingerprint density at radius 3 is 2.55 bits per heavy atom. The van der Waals surface area contributed by atoms with Crippen LogP contribution in [0.25, 0.3) is 5.69 Å². The molecule has 0 aliphatic carbocycles. The molecule has 2 aromatic heterocycles. The van der Waals surface area contributed by atoms with E-state index in [1.807, 2.05) is 54.4 Å². The molecule has 0 bridgehead atoms. The van der Waals surface area contributed by atoms with E-state index in [-0.39, 0.29) is 11.7 Å². The fourth-order valence-electron chi connectivity index (χ4n) is 3.54. The van der Waals surface area contributed by atoms with Gasteiger partial charge in [-0.3, -0.25) is 9.36 Å². The van der Waals surface area contributed by atoms with Crippen molar-refractivity contribution in [2.75, 3.05) is 42.3 Å². The van der Waals surface area contributed by atoms with Gasteiger partial charge in [-0.2, -0.15) is 5.10 Å². The largest absolute Gasteiger partial charge is 0.378 e. The monoisotopic (exact) mass is 441 g/mol. The molecule has 9 nitrogen and oxygen atoms in total. The Morgan fingerprint density at radius 1 is 1.13 bits per heavy atom. The third-order valence-electron chi connectivity index (χ3n) is 5.27. The summed E-state index contributed by atoms with van der Waals surface area (Å²) in [5.74, 6) is 0.941. The van der Waals surface area contributed by atoms with Crippen LogP contribution in [-0.2, 0) is 16.6 Å². The number of hydrogen-bond donors (Lipinski definition) is 1. The Balaban J connectivity index is 1.40. The number of nitrogens with one attached hydrogen (secondary N) is 1. The van der Waals surface area contributed by atoms with E-state index in [1.165, 1.54) is 17.3 Å². The van der Waals surface area contributed by atoms with E-state index in [2.05, 4.69) is 32.4 Å². The summed E-state index contributed by atoms with van der Waals surface area (Å²) in [4.78, 5) is 14.8. The highest BCUT2D eigenvalue weighted by Gasteiger charge is 2.20. The first-order valence-corrected chi connectivity index (χ1v) is 11.2. The van der Waals surface area contributed by atoms with E-state index in [9.17, 15) is 4.79 Å². The molecule has 1 amide bonds. The summed E-state index contributed by atoms with van der Waals surface area (Å²) in [5.41, 5.74) is 4.59. The van der Waals surface area contributed by atoms with Gasteiger partial charge in [-0.25, -0.2) is 4.68 Å². The average Bonchev–Trinajstić information content (AvgIpc) is 3.28. The lowest BCUT2D eigenvalue weighted by Crippen LogP contribution is -2.37. The lowest BCUT2D eigenvalue weighted by molar-refractivity contribution is -0.113. The molecule has 1 aliphatic heterocycles. The Hall–Kier alpha value is -2.85. The van der Waals surface area contributed by atoms with Gasteiger partial charge in [0, 0.05) is 20.1 Å². The van der Waals surface area contributed by atoms with Crippen molar-refractivity contribution in [3.8, 4) is 5.69 Å². The number of thioether (sulfide) groups is 1. The topological polar surface area (TPSA) is 90.1 Å². The summed E-state index contributed by atoms with van der Waals surface area (Å²) in [7, 11) is 1.92. The maximum Gasteiger partial charge on any atom is 0.234 e. The lowest BCUT2D eigenvalue weighted by atomic mass is 10.2. The Kier molecular flexibility index (Phi) is 6.28. The fraction of sp³-hybridized carbons (Fsp3) is 0.429. The minimum atomic E-state index is -0.101. The molecule has 0 saturated carbocycles. The number of aryl methyl sites for hydroxylation is 2. The van der Waals surface area contributed by atoms with Crippen LogP contribution in [0.1, 0.15) is 17.0 Å².